The number of hydrogen-bond acceptors (Lipinski definition) is 2. The van der Waals surface area contributed by atoms with E-state index in [4.69, 9.17) is 0 Å². The first-order valence-electron chi connectivity index (χ1n) is 18.3. The van der Waals surface area contributed by atoms with E-state index in [2.05, 4.69) is 184 Å². The molecule has 0 unspecified atom stereocenters. The minimum absolute atomic E-state index is 0.608. The van der Waals surface area contributed by atoms with E-state index in [0.29, 0.717) is 11.1 Å². The fraction of sp³-hybridized carbons (Fsp3) is 0. The molecule has 0 aliphatic heterocycles. The molecule has 0 bridgehead atoms. The molecule has 0 fully saturated rings. The predicted octanol–water partition coefficient (Wildman–Crippen LogP) is 12.4. The summed E-state index contributed by atoms with van der Waals surface area (Å²) in [5, 5.41) is 27.4. The van der Waals surface area contributed by atoms with Gasteiger partial charge in [-0.25, -0.2) is 0 Å². The summed E-state index contributed by atoms with van der Waals surface area (Å²) in [6.45, 7) is 0. The number of benzene rings is 8. The Labute approximate surface area is 316 Å². The normalized spacial score (nSPS) is 11.6. The number of fused-ring (bicyclic) bond motifs is 9. The van der Waals surface area contributed by atoms with Crippen LogP contribution in [0.2, 0.25) is 0 Å². The molecule has 8 aromatic carbocycles. The quantitative estimate of drug-likeness (QED) is 0.184. The molecule has 0 radical (unpaired) electrons. The van der Waals surface area contributed by atoms with Crippen LogP contribution in [0.1, 0.15) is 11.1 Å². The van der Waals surface area contributed by atoms with Crippen LogP contribution in [-0.2, 0) is 0 Å². The van der Waals surface area contributed by atoms with Gasteiger partial charge >= 0.3 is 0 Å². The van der Waals surface area contributed by atoms with Crippen molar-refractivity contribution in [2.24, 2.45) is 0 Å². The minimum Gasteiger partial charge on any atom is -0.309 e. The first-order valence-corrected chi connectivity index (χ1v) is 18.3. The van der Waals surface area contributed by atoms with Gasteiger partial charge in [0.2, 0.25) is 0 Å². The fourth-order valence-corrected chi connectivity index (χ4v) is 8.81. The highest BCUT2D eigenvalue weighted by Crippen LogP contribution is 2.42. The SMILES string of the molecule is N#Cc1ccc(-n2c3ccccc3c3ccccc32)c(-c2ccc(-n3c4ccccc4c4c(-n5c6ccccc6c6ccccc65)c(C#N)ccc43)cc2)c1. The highest BCUT2D eigenvalue weighted by atomic mass is 15.0. The van der Waals surface area contributed by atoms with Crippen LogP contribution >= 0.6 is 0 Å². The van der Waals surface area contributed by atoms with E-state index in [0.717, 1.165) is 82.8 Å². The Morgan fingerprint density at radius 3 is 1.40 bits per heavy atom. The van der Waals surface area contributed by atoms with Gasteiger partial charge in [0.15, 0.2) is 0 Å². The van der Waals surface area contributed by atoms with Crippen molar-refractivity contribution >= 4 is 65.4 Å². The molecule has 11 rings (SSSR count). The van der Waals surface area contributed by atoms with E-state index in [1.807, 2.05) is 18.2 Å². The van der Waals surface area contributed by atoms with Crippen molar-refractivity contribution in [1.82, 2.24) is 13.7 Å². The van der Waals surface area contributed by atoms with Crippen LogP contribution < -0.4 is 0 Å². The summed E-state index contributed by atoms with van der Waals surface area (Å²) in [4.78, 5) is 0. The molecular formula is C50H29N5. The molecular weight excluding hydrogens is 671 g/mol. The lowest BCUT2D eigenvalue weighted by Crippen LogP contribution is -2.00. The van der Waals surface area contributed by atoms with Crippen molar-refractivity contribution in [1.29, 1.82) is 10.5 Å². The maximum Gasteiger partial charge on any atom is 0.101 e. The molecule has 5 nitrogen and oxygen atoms in total. The Balaban J connectivity index is 1.14. The lowest BCUT2D eigenvalue weighted by Gasteiger charge is -2.16. The van der Waals surface area contributed by atoms with E-state index >= 15 is 0 Å². The van der Waals surface area contributed by atoms with Gasteiger partial charge in [0, 0.05) is 43.6 Å². The van der Waals surface area contributed by atoms with Crippen LogP contribution in [0.15, 0.2) is 176 Å². The van der Waals surface area contributed by atoms with Crippen LogP contribution in [0, 0.1) is 22.7 Å². The standard InChI is InChI=1S/C50H29N5/c51-30-32-21-27-47(54-42-16-6-1-11-36(42)37-12-2-7-17-43(37)54)41(29-32)33-22-25-35(26-23-33)53-46-20-10-5-15-40(46)49-48(53)28-24-34(31-52)50(49)55-44-18-8-3-13-38(44)39-14-4-9-19-45(39)55/h1-29H. The van der Waals surface area contributed by atoms with Crippen molar-refractivity contribution in [3.05, 3.63) is 187 Å². The summed E-state index contributed by atoms with van der Waals surface area (Å²) in [5.41, 5.74) is 12.5. The summed E-state index contributed by atoms with van der Waals surface area (Å²) in [7, 11) is 0. The summed E-state index contributed by atoms with van der Waals surface area (Å²) in [6, 6.07) is 65.8. The van der Waals surface area contributed by atoms with Crippen molar-refractivity contribution in [2.45, 2.75) is 0 Å². The molecule has 0 saturated carbocycles. The molecule has 5 heteroatoms. The van der Waals surface area contributed by atoms with E-state index in [1.54, 1.807) is 0 Å². The predicted molar refractivity (Wildman–Crippen MR) is 224 cm³/mol. The van der Waals surface area contributed by atoms with Crippen molar-refractivity contribution in [2.75, 3.05) is 0 Å². The molecule has 55 heavy (non-hydrogen) atoms. The van der Waals surface area contributed by atoms with Crippen LogP contribution in [0.3, 0.4) is 0 Å². The van der Waals surface area contributed by atoms with Gasteiger partial charge in [-0.3, -0.25) is 0 Å². The van der Waals surface area contributed by atoms with Gasteiger partial charge < -0.3 is 13.7 Å². The van der Waals surface area contributed by atoms with Gasteiger partial charge in [-0.05, 0) is 78.4 Å². The Morgan fingerprint density at radius 1 is 0.382 bits per heavy atom. The molecule has 0 aliphatic carbocycles. The second-order valence-electron chi connectivity index (χ2n) is 14.0. The van der Waals surface area contributed by atoms with Gasteiger partial charge in [0.25, 0.3) is 0 Å². The molecule has 0 spiro atoms. The van der Waals surface area contributed by atoms with Gasteiger partial charge in [0.1, 0.15) is 6.07 Å². The summed E-state index contributed by atoms with van der Waals surface area (Å²) in [6.07, 6.45) is 0. The fourth-order valence-electron chi connectivity index (χ4n) is 8.81. The third-order valence-corrected chi connectivity index (χ3v) is 11.1. The monoisotopic (exact) mass is 699 g/mol. The van der Waals surface area contributed by atoms with Gasteiger partial charge in [-0.2, -0.15) is 10.5 Å². The number of aromatic nitrogens is 3. The number of rotatable bonds is 4. The van der Waals surface area contributed by atoms with E-state index in [-0.39, 0.29) is 0 Å². The first-order chi connectivity index (χ1) is 27.2. The second kappa shape index (κ2) is 11.8. The van der Waals surface area contributed by atoms with Gasteiger partial charge in [-0.1, -0.05) is 103 Å². The largest absolute Gasteiger partial charge is 0.309 e. The summed E-state index contributed by atoms with van der Waals surface area (Å²) >= 11 is 0. The zero-order valence-electron chi connectivity index (χ0n) is 29.5. The number of nitrogens with zero attached hydrogens (tertiary/aromatic N) is 5. The summed E-state index contributed by atoms with van der Waals surface area (Å²) < 4.78 is 6.88. The first kappa shape index (κ1) is 30.7. The number of nitriles is 2. The average Bonchev–Trinajstić information content (AvgIpc) is 3.89. The van der Waals surface area contributed by atoms with Crippen LogP contribution in [-0.4, -0.2) is 13.7 Å². The lowest BCUT2D eigenvalue weighted by atomic mass is 10.00. The molecule has 0 saturated heterocycles. The molecule has 3 heterocycles. The minimum atomic E-state index is 0.608. The van der Waals surface area contributed by atoms with Crippen LogP contribution in [0.5, 0.6) is 0 Å². The highest BCUT2D eigenvalue weighted by Gasteiger charge is 2.23. The van der Waals surface area contributed by atoms with Crippen LogP contribution in [0.25, 0.3) is 93.6 Å². The molecule has 0 N–H and O–H groups in total. The second-order valence-corrected chi connectivity index (χ2v) is 14.0. The average molecular weight is 700 g/mol. The number of para-hydroxylation sites is 5. The molecule has 0 amide bonds. The Kier molecular flexibility index (Phi) is 6.61. The third kappa shape index (κ3) is 4.39. The Bertz CT molecular complexity index is 3350. The van der Waals surface area contributed by atoms with Gasteiger partial charge in [0.05, 0.1) is 61.7 Å². The topological polar surface area (TPSA) is 62.4 Å². The van der Waals surface area contributed by atoms with Gasteiger partial charge in [-0.15, -0.1) is 0 Å². The molecule has 0 atom stereocenters. The zero-order chi connectivity index (χ0) is 36.6. The maximum absolute atomic E-state index is 10.6. The highest BCUT2D eigenvalue weighted by molar-refractivity contribution is 6.17. The number of hydrogen-bond donors (Lipinski definition) is 0. The van der Waals surface area contributed by atoms with E-state index < -0.39 is 0 Å². The smallest absolute Gasteiger partial charge is 0.101 e. The Hall–Kier alpha value is -7.86. The van der Waals surface area contributed by atoms with Crippen LogP contribution in [0.4, 0.5) is 0 Å². The molecule has 11 aromatic rings. The van der Waals surface area contributed by atoms with Crippen molar-refractivity contribution in [3.63, 3.8) is 0 Å². The zero-order valence-corrected chi connectivity index (χ0v) is 29.5. The lowest BCUT2D eigenvalue weighted by molar-refractivity contribution is 1.16. The maximum atomic E-state index is 10.6. The van der Waals surface area contributed by atoms with E-state index in [9.17, 15) is 10.5 Å². The molecule has 3 aromatic heterocycles. The molecule has 254 valence electrons. The van der Waals surface area contributed by atoms with Crippen molar-refractivity contribution in [3.8, 4) is 40.3 Å². The summed E-state index contributed by atoms with van der Waals surface area (Å²) in [5.74, 6) is 0. The Morgan fingerprint density at radius 2 is 0.873 bits per heavy atom. The van der Waals surface area contributed by atoms with Crippen molar-refractivity contribution < 1.29 is 0 Å². The van der Waals surface area contributed by atoms with E-state index in [1.165, 1.54) is 10.8 Å². The third-order valence-electron chi connectivity index (χ3n) is 11.1. The molecule has 0 aliphatic rings.